The number of benzene rings is 1. The lowest BCUT2D eigenvalue weighted by atomic mass is 10.2. The summed E-state index contributed by atoms with van der Waals surface area (Å²) in [5.74, 6) is 0. The van der Waals surface area contributed by atoms with Gasteiger partial charge in [-0.25, -0.2) is 4.79 Å². The van der Waals surface area contributed by atoms with E-state index in [1.54, 1.807) is 28.6 Å². The van der Waals surface area contributed by atoms with Gasteiger partial charge >= 0.3 is 5.69 Å². The highest BCUT2D eigenvalue weighted by Crippen LogP contribution is 2.00. The van der Waals surface area contributed by atoms with Gasteiger partial charge in [-0.3, -0.25) is 4.57 Å². The van der Waals surface area contributed by atoms with Gasteiger partial charge in [0.2, 0.25) is 0 Å². The third-order valence-electron chi connectivity index (χ3n) is 2.43. The Balaban J connectivity index is 2.06. The minimum absolute atomic E-state index is 0.0118. The maximum atomic E-state index is 11.5. The molecular formula is C13H14N2O. The van der Waals surface area contributed by atoms with E-state index in [0.29, 0.717) is 6.54 Å². The Kier molecular flexibility index (Phi) is 3.05. The van der Waals surface area contributed by atoms with Crippen LogP contribution in [0.4, 0.5) is 0 Å². The Morgan fingerprint density at radius 1 is 1.19 bits per heavy atom. The van der Waals surface area contributed by atoms with Crippen molar-refractivity contribution in [2.45, 2.75) is 6.54 Å². The van der Waals surface area contributed by atoms with Crippen LogP contribution >= 0.6 is 0 Å². The van der Waals surface area contributed by atoms with E-state index in [-0.39, 0.29) is 5.69 Å². The Labute approximate surface area is 94.3 Å². The topological polar surface area (TPSA) is 26.9 Å². The molecule has 1 aromatic heterocycles. The predicted molar refractivity (Wildman–Crippen MR) is 65.1 cm³/mol. The first-order valence-corrected chi connectivity index (χ1v) is 5.21. The summed E-state index contributed by atoms with van der Waals surface area (Å²) in [6.45, 7) is 0.606. The van der Waals surface area contributed by atoms with Gasteiger partial charge in [0.15, 0.2) is 0 Å². The molecule has 0 saturated carbocycles. The van der Waals surface area contributed by atoms with E-state index in [9.17, 15) is 4.79 Å². The Morgan fingerprint density at radius 2 is 1.94 bits per heavy atom. The van der Waals surface area contributed by atoms with Gasteiger partial charge < -0.3 is 4.57 Å². The summed E-state index contributed by atoms with van der Waals surface area (Å²) in [6, 6.07) is 10.0. The zero-order valence-electron chi connectivity index (χ0n) is 9.21. The maximum Gasteiger partial charge on any atom is 0.328 e. The molecule has 2 rings (SSSR count). The lowest BCUT2D eigenvalue weighted by Gasteiger charge is -1.95. The molecule has 0 fully saturated rings. The molecule has 0 spiro atoms. The monoisotopic (exact) mass is 214 g/mol. The van der Waals surface area contributed by atoms with Crippen LogP contribution in [0.25, 0.3) is 6.08 Å². The van der Waals surface area contributed by atoms with Gasteiger partial charge in [-0.2, -0.15) is 0 Å². The summed E-state index contributed by atoms with van der Waals surface area (Å²) in [6.07, 6.45) is 7.55. The Hall–Kier alpha value is -2.03. The number of hydrogen-bond donors (Lipinski definition) is 0. The van der Waals surface area contributed by atoms with Crippen molar-refractivity contribution in [2.75, 3.05) is 0 Å². The molecule has 0 aliphatic carbocycles. The van der Waals surface area contributed by atoms with Crippen molar-refractivity contribution in [3.8, 4) is 0 Å². The van der Waals surface area contributed by atoms with Gasteiger partial charge in [-0.1, -0.05) is 42.5 Å². The first kappa shape index (κ1) is 10.5. The summed E-state index contributed by atoms with van der Waals surface area (Å²) < 4.78 is 3.23. The van der Waals surface area contributed by atoms with Gasteiger partial charge in [-0.05, 0) is 5.56 Å². The normalized spacial score (nSPS) is 11.1. The van der Waals surface area contributed by atoms with Crippen molar-refractivity contribution < 1.29 is 0 Å². The highest BCUT2D eigenvalue weighted by molar-refractivity contribution is 5.48. The predicted octanol–water partition coefficient (Wildman–Crippen LogP) is 1.90. The van der Waals surface area contributed by atoms with Crippen LogP contribution in [0.3, 0.4) is 0 Å². The van der Waals surface area contributed by atoms with Crippen LogP contribution in [0.15, 0.2) is 53.6 Å². The Morgan fingerprint density at radius 3 is 2.56 bits per heavy atom. The second kappa shape index (κ2) is 4.66. The highest BCUT2D eigenvalue weighted by atomic mass is 16.1. The fraction of sp³-hybridized carbons (Fsp3) is 0.154. The SMILES string of the molecule is Cn1ccn(C/C=C/c2ccccc2)c1=O. The average molecular weight is 214 g/mol. The number of allylic oxidation sites excluding steroid dienone is 1. The molecule has 0 aliphatic rings. The third-order valence-corrected chi connectivity index (χ3v) is 2.43. The molecule has 0 atom stereocenters. The smallest absolute Gasteiger partial charge is 0.302 e. The van der Waals surface area contributed by atoms with Crippen molar-refractivity contribution in [2.24, 2.45) is 7.05 Å². The van der Waals surface area contributed by atoms with Crippen LogP contribution in [0.1, 0.15) is 5.56 Å². The molecule has 1 heterocycles. The number of nitrogens with zero attached hydrogens (tertiary/aromatic N) is 2. The minimum Gasteiger partial charge on any atom is -0.302 e. The second-order valence-electron chi connectivity index (χ2n) is 3.66. The summed E-state index contributed by atoms with van der Waals surface area (Å²) >= 11 is 0. The summed E-state index contributed by atoms with van der Waals surface area (Å²) in [5.41, 5.74) is 1.16. The quantitative estimate of drug-likeness (QED) is 0.766. The molecule has 3 heteroatoms. The summed E-state index contributed by atoms with van der Waals surface area (Å²) in [5, 5.41) is 0. The molecule has 16 heavy (non-hydrogen) atoms. The van der Waals surface area contributed by atoms with Gasteiger partial charge in [-0.15, -0.1) is 0 Å². The first-order chi connectivity index (χ1) is 7.77. The van der Waals surface area contributed by atoms with Gasteiger partial charge in [0.05, 0.1) is 0 Å². The average Bonchev–Trinajstić information content (AvgIpc) is 2.62. The second-order valence-corrected chi connectivity index (χ2v) is 3.66. The molecule has 0 amide bonds. The van der Waals surface area contributed by atoms with Crippen LogP contribution in [-0.2, 0) is 13.6 Å². The summed E-state index contributed by atoms with van der Waals surface area (Å²) in [7, 11) is 1.75. The fourth-order valence-corrected chi connectivity index (χ4v) is 1.52. The molecule has 2 aromatic rings. The number of imidazole rings is 1. The van der Waals surface area contributed by atoms with Gasteiger partial charge in [0.25, 0.3) is 0 Å². The molecule has 82 valence electrons. The van der Waals surface area contributed by atoms with Crippen LogP contribution in [0.2, 0.25) is 0 Å². The van der Waals surface area contributed by atoms with Crippen molar-refractivity contribution in [3.63, 3.8) is 0 Å². The van der Waals surface area contributed by atoms with E-state index in [1.165, 1.54) is 0 Å². The number of aryl methyl sites for hydroxylation is 1. The zero-order chi connectivity index (χ0) is 11.4. The molecule has 0 bridgehead atoms. The van der Waals surface area contributed by atoms with Gasteiger partial charge in [0, 0.05) is 26.0 Å². The molecule has 3 nitrogen and oxygen atoms in total. The Bertz CT molecular complexity index is 535. The maximum absolute atomic E-state index is 11.5. The fourth-order valence-electron chi connectivity index (χ4n) is 1.52. The molecule has 0 radical (unpaired) electrons. The molecular weight excluding hydrogens is 200 g/mol. The molecule has 0 aliphatic heterocycles. The van der Waals surface area contributed by atoms with Crippen molar-refractivity contribution in [1.29, 1.82) is 0 Å². The van der Waals surface area contributed by atoms with E-state index in [0.717, 1.165) is 5.56 Å². The molecule has 0 N–H and O–H groups in total. The van der Waals surface area contributed by atoms with E-state index >= 15 is 0 Å². The summed E-state index contributed by atoms with van der Waals surface area (Å²) in [4.78, 5) is 11.5. The van der Waals surface area contributed by atoms with Crippen LogP contribution in [0, 0.1) is 0 Å². The lowest BCUT2D eigenvalue weighted by Crippen LogP contribution is -2.21. The standard InChI is InChI=1S/C13H14N2O/c1-14-10-11-15(13(14)16)9-5-8-12-6-3-2-4-7-12/h2-8,10-11H,9H2,1H3/b8-5+. The number of hydrogen-bond acceptors (Lipinski definition) is 1. The van der Waals surface area contributed by atoms with E-state index in [1.807, 2.05) is 42.5 Å². The van der Waals surface area contributed by atoms with Crippen molar-refractivity contribution in [3.05, 3.63) is 64.8 Å². The molecule has 0 unspecified atom stereocenters. The van der Waals surface area contributed by atoms with E-state index in [4.69, 9.17) is 0 Å². The zero-order valence-corrected chi connectivity index (χ0v) is 9.21. The highest BCUT2D eigenvalue weighted by Gasteiger charge is 1.95. The third kappa shape index (κ3) is 2.31. The number of aromatic nitrogens is 2. The van der Waals surface area contributed by atoms with Crippen molar-refractivity contribution in [1.82, 2.24) is 9.13 Å². The van der Waals surface area contributed by atoms with Crippen molar-refractivity contribution >= 4 is 6.08 Å². The van der Waals surface area contributed by atoms with Crippen LogP contribution < -0.4 is 5.69 Å². The lowest BCUT2D eigenvalue weighted by molar-refractivity contribution is 0.731. The first-order valence-electron chi connectivity index (χ1n) is 5.21. The number of rotatable bonds is 3. The van der Waals surface area contributed by atoms with Crippen LogP contribution in [0.5, 0.6) is 0 Å². The van der Waals surface area contributed by atoms with Crippen LogP contribution in [-0.4, -0.2) is 9.13 Å². The van der Waals surface area contributed by atoms with Gasteiger partial charge in [0.1, 0.15) is 0 Å². The largest absolute Gasteiger partial charge is 0.328 e. The minimum atomic E-state index is 0.0118. The molecule has 0 saturated heterocycles. The van der Waals surface area contributed by atoms with E-state index < -0.39 is 0 Å². The van der Waals surface area contributed by atoms with E-state index in [2.05, 4.69) is 0 Å². The molecule has 1 aromatic carbocycles.